The van der Waals surface area contributed by atoms with Gasteiger partial charge in [0, 0.05) is 18.8 Å². The molecule has 1 aromatic heterocycles. The number of carbonyl (C=O) groups excluding carboxylic acids is 1. The molecule has 40 heavy (non-hydrogen) atoms. The summed E-state index contributed by atoms with van der Waals surface area (Å²) in [6, 6.07) is 17.4. The molecule has 2 atom stereocenters. The number of aromatic nitrogens is 1. The Morgan fingerprint density at radius 3 is 2.17 bits per heavy atom. The monoisotopic (exact) mass is 551 g/mol. The third-order valence-corrected chi connectivity index (χ3v) is 6.59. The van der Waals surface area contributed by atoms with Crippen molar-refractivity contribution >= 4 is 5.78 Å². The molecule has 0 spiro atoms. The topological polar surface area (TPSA) is 89.3 Å². The molecule has 2 unspecified atom stereocenters. The highest BCUT2D eigenvalue weighted by Crippen LogP contribution is 2.30. The van der Waals surface area contributed by atoms with Crippen molar-refractivity contribution in [3.8, 4) is 17.1 Å². The summed E-state index contributed by atoms with van der Waals surface area (Å²) in [5.74, 6) is 1.07. The van der Waals surface area contributed by atoms with Gasteiger partial charge in [-0.15, -0.1) is 0 Å². The molecule has 3 heterocycles. The predicted octanol–water partition coefficient (Wildman–Crippen LogP) is 7.10. The standard InChI is InChI=1S/C24H25NO5.C8H16O2/c1-17(26)23-21(16-29-22-9-5-6-14-27-22)25-30-24(23)19-10-12-20(13-11-19)28-15-18-7-3-2-4-8-18;1-7(2)10-8-5-3-4-6-9-8/h2-4,7-8,10-13,22H,5-6,9,14-16H2,1H3;7-8H,3-6H2,1-2H3. The van der Waals surface area contributed by atoms with E-state index in [-0.39, 0.29) is 25.0 Å². The van der Waals surface area contributed by atoms with Crippen molar-refractivity contribution in [3.05, 3.63) is 71.4 Å². The van der Waals surface area contributed by atoms with Crippen molar-refractivity contribution in [2.45, 2.75) is 91.2 Å². The lowest BCUT2D eigenvalue weighted by molar-refractivity contribution is -0.180. The van der Waals surface area contributed by atoms with E-state index < -0.39 is 0 Å². The lowest BCUT2D eigenvalue weighted by Gasteiger charge is -2.24. The van der Waals surface area contributed by atoms with Gasteiger partial charge in [0.05, 0.1) is 18.3 Å². The Morgan fingerprint density at radius 1 is 0.900 bits per heavy atom. The lowest BCUT2D eigenvalue weighted by atomic mass is 10.0. The van der Waals surface area contributed by atoms with Gasteiger partial charge in [-0.3, -0.25) is 4.79 Å². The van der Waals surface area contributed by atoms with Crippen LogP contribution in [0.5, 0.6) is 5.75 Å². The maximum Gasteiger partial charge on any atom is 0.178 e. The van der Waals surface area contributed by atoms with Gasteiger partial charge in [0.1, 0.15) is 18.1 Å². The molecule has 2 aliphatic heterocycles. The SMILES string of the molecule is CC(=O)c1c(COC2CCCCO2)noc1-c1ccc(OCc2ccccc2)cc1.CC(C)OC1CCCCO1. The summed E-state index contributed by atoms with van der Waals surface area (Å²) in [5, 5.41) is 4.09. The molecule has 216 valence electrons. The van der Waals surface area contributed by atoms with E-state index in [1.54, 1.807) is 0 Å². The summed E-state index contributed by atoms with van der Waals surface area (Å²) < 4.78 is 33.5. The number of Topliss-reactive ketones (excluding diaryl/α,β-unsaturated/α-hetero) is 1. The van der Waals surface area contributed by atoms with Crippen LogP contribution in [0.25, 0.3) is 11.3 Å². The van der Waals surface area contributed by atoms with Crippen LogP contribution in [0.1, 0.15) is 80.9 Å². The summed E-state index contributed by atoms with van der Waals surface area (Å²) in [4.78, 5) is 12.3. The van der Waals surface area contributed by atoms with E-state index in [0.717, 1.165) is 49.2 Å². The second-order valence-electron chi connectivity index (χ2n) is 10.3. The van der Waals surface area contributed by atoms with Crippen LogP contribution in [0, 0.1) is 0 Å². The fourth-order valence-corrected chi connectivity index (χ4v) is 4.56. The molecular formula is C32H41NO7. The van der Waals surface area contributed by atoms with Crippen molar-refractivity contribution in [3.63, 3.8) is 0 Å². The number of ketones is 1. The number of benzene rings is 2. The predicted molar refractivity (Wildman–Crippen MR) is 151 cm³/mol. The van der Waals surface area contributed by atoms with E-state index in [1.807, 2.05) is 68.4 Å². The summed E-state index contributed by atoms with van der Waals surface area (Å²) in [6.45, 7) is 7.83. The third kappa shape index (κ3) is 9.27. The first-order valence-electron chi connectivity index (χ1n) is 14.3. The molecule has 0 bridgehead atoms. The minimum absolute atomic E-state index is 0.0775. The van der Waals surface area contributed by atoms with E-state index in [4.69, 9.17) is 28.2 Å². The number of nitrogens with zero attached hydrogens (tertiary/aromatic N) is 1. The van der Waals surface area contributed by atoms with Crippen LogP contribution in [0.15, 0.2) is 59.1 Å². The summed E-state index contributed by atoms with van der Waals surface area (Å²) in [7, 11) is 0. The first-order valence-corrected chi connectivity index (χ1v) is 14.3. The number of hydrogen-bond acceptors (Lipinski definition) is 8. The van der Waals surface area contributed by atoms with Crippen LogP contribution in [0.3, 0.4) is 0 Å². The minimum Gasteiger partial charge on any atom is -0.489 e. The Bertz CT molecular complexity index is 1150. The average Bonchev–Trinajstić information content (AvgIpc) is 3.41. The van der Waals surface area contributed by atoms with Gasteiger partial charge in [0.2, 0.25) is 0 Å². The molecule has 0 aliphatic carbocycles. The molecule has 3 aromatic rings. The Kier molecular flexibility index (Phi) is 11.7. The Hall–Kier alpha value is -3.04. The Labute approximate surface area is 236 Å². The molecule has 0 N–H and O–H groups in total. The summed E-state index contributed by atoms with van der Waals surface area (Å²) in [6.07, 6.45) is 6.61. The third-order valence-electron chi connectivity index (χ3n) is 6.59. The van der Waals surface area contributed by atoms with Crippen molar-refractivity contribution in [1.82, 2.24) is 5.16 Å². The van der Waals surface area contributed by atoms with Crippen LogP contribution in [-0.4, -0.2) is 42.8 Å². The number of ether oxygens (including phenoxy) is 5. The van der Waals surface area contributed by atoms with Gasteiger partial charge in [-0.2, -0.15) is 0 Å². The second kappa shape index (κ2) is 15.7. The second-order valence-corrected chi connectivity index (χ2v) is 10.3. The number of rotatable bonds is 10. The van der Waals surface area contributed by atoms with Gasteiger partial charge in [-0.05, 0) is 89.1 Å². The van der Waals surface area contributed by atoms with E-state index in [0.29, 0.717) is 36.3 Å². The molecule has 8 nitrogen and oxygen atoms in total. The highest BCUT2D eigenvalue weighted by molar-refractivity contribution is 6.00. The fraction of sp³-hybridized carbons (Fsp3) is 0.500. The van der Waals surface area contributed by atoms with E-state index in [9.17, 15) is 4.79 Å². The fourth-order valence-electron chi connectivity index (χ4n) is 4.56. The van der Waals surface area contributed by atoms with Crippen molar-refractivity contribution in [2.24, 2.45) is 0 Å². The van der Waals surface area contributed by atoms with Gasteiger partial charge in [-0.1, -0.05) is 35.5 Å². The zero-order valence-corrected chi connectivity index (χ0v) is 23.8. The highest BCUT2D eigenvalue weighted by Gasteiger charge is 2.23. The smallest absolute Gasteiger partial charge is 0.178 e. The number of hydrogen-bond donors (Lipinski definition) is 0. The highest BCUT2D eigenvalue weighted by atomic mass is 16.7. The Balaban J connectivity index is 0.000000312. The molecule has 0 radical (unpaired) electrons. The molecule has 0 amide bonds. The largest absolute Gasteiger partial charge is 0.489 e. The first kappa shape index (κ1) is 29.9. The maximum absolute atomic E-state index is 12.3. The molecule has 2 aliphatic rings. The van der Waals surface area contributed by atoms with Crippen molar-refractivity contribution in [1.29, 1.82) is 0 Å². The molecule has 2 aromatic carbocycles. The van der Waals surface area contributed by atoms with Crippen LogP contribution in [-0.2, 0) is 32.2 Å². The minimum atomic E-state index is -0.250. The molecular weight excluding hydrogens is 510 g/mol. The summed E-state index contributed by atoms with van der Waals surface area (Å²) in [5.41, 5.74) is 2.81. The van der Waals surface area contributed by atoms with Crippen LogP contribution >= 0.6 is 0 Å². The van der Waals surface area contributed by atoms with Crippen LogP contribution < -0.4 is 4.74 Å². The van der Waals surface area contributed by atoms with Crippen LogP contribution in [0.2, 0.25) is 0 Å². The van der Waals surface area contributed by atoms with E-state index >= 15 is 0 Å². The Morgan fingerprint density at radius 2 is 1.57 bits per heavy atom. The molecule has 2 saturated heterocycles. The molecule has 0 saturated carbocycles. The van der Waals surface area contributed by atoms with Crippen molar-refractivity contribution in [2.75, 3.05) is 13.2 Å². The lowest BCUT2D eigenvalue weighted by Crippen LogP contribution is -2.25. The average molecular weight is 552 g/mol. The maximum atomic E-state index is 12.3. The summed E-state index contributed by atoms with van der Waals surface area (Å²) >= 11 is 0. The molecule has 2 fully saturated rings. The first-order chi connectivity index (χ1) is 19.5. The zero-order valence-electron chi connectivity index (χ0n) is 23.8. The van der Waals surface area contributed by atoms with Gasteiger partial charge in [-0.25, -0.2) is 0 Å². The molecule has 5 rings (SSSR count). The molecule has 8 heteroatoms. The van der Waals surface area contributed by atoms with Gasteiger partial charge >= 0.3 is 0 Å². The normalized spacial score (nSPS) is 19.1. The van der Waals surface area contributed by atoms with Crippen LogP contribution in [0.4, 0.5) is 0 Å². The van der Waals surface area contributed by atoms with E-state index in [2.05, 4.69) is 5.16 Å². The van der Waals surface area contributed by atoms with E-state index in [1.165, 1.54) is 19.8 Å². The van der Waals surface area contributed by atoms with Gasteiger partial charge in [0.25, 0.3) is 0 Å². The van der Waals surface area contributed by atoms with Gasteiger partial charge in [0.15, 0.2) is 24.1 Å². The number of carbonyl (C=O) groups is 1. The van der Waals surface area contributed by atoms with Crippen molar-refractivity contribution < 1.29 is 33.0 Å². The quantitative estimate of drug-likeness (QED) is 0.246. The zero-order chi connectivity index (χ0) is 28.2. The van der Waals surface area contributed by atoms with Gasteiger partial charge < -0.3 is 28.2 Å².